The lowest BCUT2D eigenvalue weighted by Gasteiger charge is -2.33. The Morgan fingerprint density at radius 3 is 2.70 bits per heavy atom. The van der Waals surface area contributed by atoms with Gasteiger partial charge in [0, 0.05) is 31.2 Å². The summed E-state index contributed by atoms with van der Waals surface area (Å²) in [4.78, 5) is 31.0. The van der Waals surface area contributed by atoms with Crippen molar-refractivity contribution in [3.05, 3.63) is 54.2 Å². The lowest BCUT2D eigenvalue weighted by Crippen LogP contribution is -2.50. The number of nitrogens with one attached hydrogen (secondary N) is 1. The van der Waals surface area contributed by atoms with Crippen LogP contribution < -0.4 is 10.1 Å². The van der Waals surface area contributed by atoms with Gasteiger partial charge in [0.15, 0.2) is 0 Å². The molecule has 2 amide bonds. The molecule has 6 heteroatoms. The fraction of sp³-hybridized carbons (Fsp3) is 0.381. The van der Waals surface area contributed by atoms with E-state index in [1.165, 1.54) is 0 Å². The number of ether oxygens (including phenoxy) is 1. The molecule has 1 aliphatic rings. The largest absolute Gasteiger partial charge is 0.438 e. The van der Waals surface area contributed by atoms with E-state index in [4.69, 9.17) is 4.74 Å². The first-order valence-corrected chi connectivity index (χ1v) is 9.32. The van der Waals surface area contributed by atoms with E-state index in [0.717, 1.165) is 12.8 Å². The molecule has 1 atom stereocenters. The highest BCUT2D eigenvalue weighted by atomic mass is 16.5. The quantitative estimate of drug-likeness (QED) is 0.881. The number of nitrogens with zero attached hydrogens (tertiary/aromatic N) is 2. The van der Waals surface area contributed by atoms with Gasteiger partial charge < -0.3 is 15.0 Å². The Balaban J connectivity index is 1.73. The standard InChI is InChI=1S/C21H25N3O3/c1-15(2)19(25)23-16-8-7-13-24(14-16)21(26)18-11-6-12-22-20(18)27-17-9-4-3-5-10-17/h3-6,9-12,15-16H,7-8,13-14H2,1-2H3,(H,23,25). The summed E-state index contributed by atoms with van der Waals surface area (Å²) in [5.74, 6) is 0.745. The summed E-state index contributed by atoms with van der Waals surface area (Å²) in [5.41, 5.74) is 0.428. The first kappa shape index (κ1) is 18.9. The predicted molar refractivity (Wildman–Crippen MR) is 103 cm³/mol. The number of pyridine rings is 1. The van der Waals surface area contributed by atoms with Gasteiger partial charge in [-0.2, -0.15) is 0 Å². The lowest BCUT2D eigenvalue weighted by molar-refractivity contribution is -0.125. The molecule has 1 aromatic carbocycles. The number of carbonyl (C=O) groups excluding carboxylic acids is 2. The fourth-order valence-electron chi connectivity index (χ4n) is 3.05. The molecule has 3 rings (SSSR count). The summed E-state index contributed by atoms with van der Waals surface area (Å²) < 4.78 is 5.82. The fourth-order valence-corrected chi connectivity index (χ4v) is 3.05. The van der Waals surface area contributed by atoms with Crippen molar-refractivity contribution < 1.29 is 14.3 Å². The topological polar surface area (TPSA) is 71.5 Å². The van der Waals surface area contributed by atoms with Crippen molar-refractivity contribution in [1.29, 1.82) is 0 Å². The highest BCUT2D eigenvalue weighted by molar-refractivity contribution is 5.96. The van der Waals surface area contributed by atoms with Crippen LogP contribution >= 0.6 is 0 Å². The third kappa shape index (κ3) is 4.84. The molecule has 1 saturated heterocycles. The van der Waals surface area contributed by atoms with E-state index in [9.17, 15) is 9.59 Å². The minimum atomic E-state index is -0.127. The first-order chi connectivity index (χ1) is 13.0. The van der Waals surface area contributed by atoms with Crippen LogP contribution in [0.4, 0.5) is 0 Å². The molecule has 142 valence electrons. The Hall–Kier alpha value is -2.89. The number of para-hydroxylation sites is 1. The molecular weight excluding hydrogens is 342 g/mol. The van der Waals surface area contributed by atoms with E-state index in [1.807, 2.05) is 44.2 Å². The van der Waals surface area contributed by atoms with Crippen LogP contribution in [0.25, 0.3) is 0 Å². The minimum absolute atomic E-state index is 0.0174. The molecule has 2 heterocycles. The second-order valence-corrected chi connectivity index (χ2v) is 7.02. The van der Waals surface area contributed by atoms with Crippen molar-refractivity contribution in [2.45, 2.75) is 32.7 Å². The molecule has 1 aromatic heterocycles. The zero-order valence-electron chi connectivity index (χ0n) is 15.7. The van der Waals surface area contributed by atoms with Crippen LogP contribution in [0.1, 0.15) is 37.0 Å². The first-order valence-electron chi connectivity index (χ1n) is 9.32. The number of carbonyl (C=O) groups is 2. The minimum Gasteiger partial charge on any atom is -0.438 e. The number of hydrogen-bond acceptors (Lipinski definition) is 4. The van der Waals surface area contributed by atoms with Gasteiger partial charge in [-0.3, -0.25) is 9.59 Å². The molecule has 0 aliphatic carbocycles. The van der Waals surface area contributed by atoms with Gasteiger partial charge in [-0.25, -0.2) is 4.98 Å². The number of rotatable bonds is 5. The Bertz CT molecular complexity index is 792. The highest BCUT2D eigenvalue weighted by Gasteiger charge is 2.28. The number of piperidine rings is 1. The Kier molecular flexibility index (Phi) is 6.06. The number of amides is 2. The summed E-state index contributed by atoms with van der Waals surface area (Å²) in [6, 6.07) is 12.7. The van der Waals surface area contributed by atoms with Crippen LogP contribution in [0.3, 0.4) is 0 Å². The molecule has 2 aromatic rings. The van der Waals surface area contributed by atoms with Crippen molar-refractivity contribution >= 4 is 11.8 Å². The van der Waals surface area contributed by atoms with Gasteiger partial charge in [-0.1, -0.05) is 32.0 Å². The third-order valence-electron chi connectivity index (χ3n) is 4.54. The Morgan fingerprint density at radius 1 is 1.19 bits per heavy atom. The Morgan fingerprint density at radius 2 is 1.96 bits per heavy atom. The van der Waals surface area contributed by atoms with Crippen LogP contribution in [-0.4, -0.2) is 40.8 Å². The summed E-state index contributed by atoms with van der Waals surface area (Å²) in [6.45, 7) is 4.89. The average Bonchev–Trinajstić information content (AvgIpc) is 2.69. The normalized spacial score (nSPS) is 16.9. The summed E-state index contributed by atoms with van der Waals surface area (Å²) >= 11 is 0. The number of aromatic nitrogens is 1. The van der Waals surface area contributed by atoms with E-state index in [1.54, 1.807) is 23.2 Å². The van der Waals surface area contributed by atoms with Crippen LogP contribution in [0.2, 0.25) is 0 Å². The van der Waals surface area contributed by atoms with Crippen molar-refractivity contribution in [1.82, 2.24) is 15.2 Å². The average molecular weight is 367 g/mol. The smallest absolute Gasteiger partial charge is 0.259 e. The van der Waals surface area contributed by atoms with Crippen LogP contribution in [0.5, 0.6) is 11.6 Å². The SMILES string of the molecule is CC(C)C(=O)NC1CCCN(C(=O)c2cccnc2Oc2ccccc2)C1. The molecule has 6 nitrogen and oxygen atoms in total. The second-order valence-electron chi connectivity index (χ2n) is 7.02. The summed E-state index contributed by atoms with van der Waals surface area (Å²) in [5, 5.41) is 3.03. The maximum Gasteiger partial charge on any atom is 0.259 e. The van der Waals surface area contributed by atoms with Gasteiger partial charge in [-0.05, 0) is 37.1 Å². The molecule has 0 spiro atoms. The zero-order chi connectivity index (χ0) is 19.2. The molecule has 1 unspecified atom stereocenters. The summed E-state index contributed by atoms with van der Waals surface area (Å²) in [6.07, 6.45) is 3.34. The molecule has 1 fully saturated rings. The van der Waals surface area contributed by atoms with Crippen molar-refractivity contribution in [2.75, 3.05) is 13.1 Å². The summed E-state index contributed by atoms with van der Waals surface area (Å²) in [7, 11) is 0. The second kappa shape index (κ2) is 8.66. The molecule has 1 aliphatic heterocycles. The van der Waals surface area contributed by atoms with Gasteiger partial charge >= 0.3 is 0 Å². The maximum atomic E-state index is 13.1. The molecular formula is C21H25N3O3. The number of likely N-dealkylation sites (tertiary alicyclic amines) is 1. The van der Waals surface area contributed by atoms with Gasteiger partial charge in [0.05, 0.1) is 0 Å². The van der Waals surface area contributed by atoms with E-state index in [0.29, 0.717) is 30.3 Å². The van der Waals surface area contributed by atoms with Crippen LogP contribution in [-0.2, 0) is 4.79 Å². The van der Waals surface area contributed by atoms with E-state index in [2.05, 4.69) is 10.3 Å². The monoisotopic (exact) mass is 367 g/mol. The van der Waals surface area contributed by atoms with Crippen molar-refractivity contribution in [3.8, 4) is 11.6 Å². The van der Waals surface area contributed by atoms with Gasteiger partial charge in [0.25, 0.3) is 5.91 Å². The van der Waals surface area contributed by atoms with Crippen LogP contribution in [0, 0.1) is 5.92 Å². The predicted octanol–water partition coefficient (Wildman–Crippen LogP) is 3.25. The van der Waals surface area contributed by atoms with E-state index < -0.39 is 0 Å². The van der Waals surface area contributed by atoms with Crippen molar-refractivity contribution in [3.63, 3.8) is 0 Å². The number of hydrogen-bond donors (Lipinski definition) is 1. The number of benzene rings is 1. The van der Waals surface area contributed by atoms with Gasteiger partial charge in [0.1, 0.15) is 11.3 Å². The molecule has 1 N–H and O–H groups in total. The third-order valence-corrected chi connectivity index (χ3v) is 4.54. The highest BCUT2D eigenvalue weighted by Crippen LogP contribution is 2.25. The molecule has 0 radical (unpaired) electrons. The van der Waals surface area contributed by atoms with Gasteiger partial charge in [0.2, 0.25) is 11.8 Å². The molecule has 0 bridgehead atoms. The Labute approximate surface area is 159 Å². The van der Waals surface area contributed by atoms with Gasteiger partial charge in [-0.15, -0.1) is 0 Å². The molecule has 27 heavy (non-hydrogen) atoms. The van der Waals surface area contributed by atoms with E-state index >= 15 is 0 Å². The lowest BCUT2D eigenvalue weighted by atomic mass is 10.0. The van der Waals surface area contributed by atoms with E-state index in [-0.39, 0.29) is 23.8 Å². The van der Waals surface area contributed by atoms with Crippen LogP contribution in [0.15, 0.2) is 48.7 Å². The van der Waals surface area contributed by atoms with Crippen molar-refractivity contribution in [2.24, 2.45) is 5.92 Å². The maximum absolute atomic E-state index is 13.1. The molecule has 0 saturated carbocycles. The zero-order valence-corrected chi connectivity index (χ0v) is 15.7.